The van der Waals surface area contributed by atoms with Crippen LogP contribution in [-0.4, -0.2) is 71.0 Å². The van der Waals surface area contributed by atoms with Gasteiger partial charge >= 0.3 is 0 Å². The molecule has 0 atom stereocenters. The lowest BCUT2D eigenvalue weighted by Crippen LogP contribution is -2.32. The molecule has 5 nitrogen and oxygen atoms in total. The summed E-state index contributed by atoms with van der Waals surface area (Å²) in [6, 6.07) is 0. The Morgan fingerprint density at radius 1 is 0.577 bits per heavy atom. The van der Waals surface area contributed by atoms with Gasteiger partial charge in [0.2, 0.25) is 0 Å². The van der Waals surface area contributed by atoms with E-state index in [1.165, 1.54) is 0 Å². The lowest BCUT2D eigenvalue weighted by atomic mass is 10.7. The van der Waals surface area contributed by atoms with Crippen molar-refractivity contribution in [1.82, 2.24) is 18.7 Å². The van der Waals surface area contributed by atoms with Crippen molar-refractivity contribution in [3.8, 4) is 11.3 Å². The van der Waals surface area contributed by atoms with E-state index < -0.39 is 13.8 Å². The third-order valence-electron chi connectivity index (χ3n) is 4.80. The highest BCUT2D eigenvalue weighted by Gasteiger charge is 2.34. The molecule has 8 heteroatoms. The maximum Gasteiger partial charge on any atom is 0.288 e. The Morgan fingerprint density at radius 3 is 1.08 bits per heavy atom. The van der Waals surface area contributed by atoms with Crippen molar-refractivity contribution in [2.75, 3.05) is 52.4 Å². The summed E-state index contributed by atoms with van der Waals surface area (Å²) in [5.41, 5.74) is 6.68. The number of hydrogen-bond donors (Lipinski definition) is 0. The van der Waals surface area contributed by atoms with E-state index in [1.807, 2.05) is 37.0 Å². The predicted octanol–water partition coefficient (Wildman–Crippen LogP) is 4.77. The average molecular weight is 423 g/mol. The van der Waals surface area contributed by atoms with Gasteiger partial charge in [-0.25, -0.2) is 9.34 Å². The topological polar surface area (TPSA) is 30.0 Å². The average Bonchev–Trinajstić information content (AvgIpc) is 2.64. The maximum absolute atomic E-state index is 14.0. The minimum absolute atomic E-state index is 0.721. The Kier molecular flexibility index (Phi) is 12.8. The van der Waals surface area contributed by atoms with E-state index in [1.54, 1.807) is 0 Å². The fourth-order valence-electron chi connectivity index (χ4n) is 3.20. The lowest BCUT2D eigenvalue weighted by molar-refractivity contribution is 0.370. The van der Waals surface area contributed by atoms with Gasteiger partial charge in [-0.1, -0.05) is 55.4 Å². The van der Waals surface area contributed by atoms with Crippen LogP contribution in [0, 0.1) is 11.3 Å². The fourth-order valence-corrected chi connectivity index (χ4v) is 10.3. The van der Waals surface area contributed by atoms with Gasteiger partial charge in [-0.2, -0.15) is 0 Å². The minimum atomic E-state index is -2.94. The zero-order chi connectivity index (χ0) is 20.4. The Labute approximate surface area is 168 Å². The first-order chi connectivity index (χ1) is 12.3. The molecule has 0 aliphatic heterocycles. The third-order valence-corrected chi connectivity index (χ3v) is 12.8. The molecule has 154 valence electrons. The van der Waals surface area contributed by atoms with Crippen LogP contribution in [-0.2, 0) is 16.4 Å². The normalized spacial score (nSPS) is 12.9. The summed E-state index contributed by atoms with van der Waals surface area (Å²) in [6.07, 6.45) is -2.24. The molecule has 0 radical (unpaired) electrons. The fraction of sp³-hybridized carbons (Fsp3) is 0.889. The molecule has 0 spiro atoms. The third kappa shape index (κ3) is 5.89. The molecule has 0 aromatic heterocycles. The summed E-state index contributed by atoms with van der Waals surface area (Å²) >= 11 is 6.16. The molecule has 0 aliphatic carbocycles. The highest BCUT2D eigenvalue weighted by atomic mass is 32.4. The molecule has 0 aromatic rings. The molecule has 0 amide bonds. The second-order valence-electron chi connectivity index (χ2n) is 5.87. The zero-order valence-corrected chi connectivity index (χ0v) is 20.8. The van der Waals surface area contributed by atoms with E-state index in [4.69, 9.17) is 11.8 Å². The summed E-state index contributed by atoms with van der Waals surface area (Å²) in [7, 11) is -2.94. The molecular weight excluding hydrogens is 382 g/mol. The molecule has 0 N–H and O–H groups in total. The van der Waals surface area contributed by atoms with Crippen LogP contribution in [0.1, 0.15) is 55.4 Å². The van der Waals surface area contributed by atoms with E-state index in [0.717, 1.165) is 52.4 Å². The van der Waals surface area contributed by atoms with Crippen LogP contribution in [0.25, 0.3) is 0 Å². The van der Waals surface area contributed by atoms with Crippen LogP contribution in [0.4, 0.5) is 0 Å². The summed E-state index contributed by atoms with van der Waals surface area (Å²) in [6.45, 7) is 23.0. The molecule has 0 saturated heterocycles. The van der Waals surface area contributed by atoms with Crippen LogP contribution < -0.4 is 0 Å². The van der Waals surface area contributed by atoms with E-state index in [2.05, 4.69) is 48.4 Å². The predicted molar refractivity (Wildman–Crippen MR) is 121 cm³/mol. The Balaban J connectivity index is 6.40. The SMILES string of the molecule is CCN(CC)P(=O)(C#CP(=S)(N(CC)CC)N(CC)CC)N(CC)CC. The monoisotopic (exact) mass is 422 g/mol. The molecule has 0 aromatic carbocycles. The van der Waals surface area contributed by atoms with Gasteiger partial charge in [0, 0.05) is 58.0 Å². The van der Waals surface area contributed by atoms with Crippen molar-refractivity contribution in [3.05, 3.63) is 0 Å². The van der Waals surface area contributed by atoms with Crippen molar-refractivity contribution >= 4 is 25.6 Å². The van der Waals surface area contributed by atoms with Crippen molar-refractivity contribution < 1.29 is 4.57 Å². The summed E-state index contributed by atoms with van der Waals surface area (Å²) in [4.78, 5) is 0. The largest absolute Gasteiger partial charge is 0.288 e. The van der Waals surface area contributed by atoms with Crippen molar-refractivity contribution in [2.45, 2.75) is 55.4 Å². The smallest absolute Gasteiger partial charge is 0.274 e. The zero-order valence-electron chi connectivity index (χ0n) is 18.2. The first-order valence-electron chi connectivity index (χ1n) is 10.0. The molecule has 26 heavy (non-hydrogen) atoms. The molecular formula is C18H40N4OP2S. The summed E-state index contributed by atoms with van der Waals surface area (Å²) in [5, 5.41) is 0. The van der Waals surface area contributed by atoms with Crippen LogP contribution >= 0.6 is 13.8 Å². The van der Waals surface area contributed by atoms with Crippen LogP contribution in [0.3, 0.4) is 0 Å². The van der Waals surface area contributed by atoms with Gasteiger partial charge in [0.25, 0.3) is 7.44 Å². The van der Waals surface area contributed by atoms with Crippen molar-refractivity contribution in [2.24, 2.45) is 0 Å². The molecule has 0 fully saturated rings. The van der Waals surface area contributed by atoms with E-state index in [-0.39, 0.29) is 0 Å². The molecule has 0 rings (SSSR count). The standard InChI is InChI=1S/C18H40N4OP2S/c1-9-19(10-2)24(23,20(11-3)12-4)17-18-25(26,21(13-5)14-6)22(15-7)16-8/h9-16H2,1-8H3. The summed E-state index contributed by atoms with van der Waals surface area (Å²) < 4.78 is 22.6. The van der Waals surface area contributed by atoms with Gasteiger partial charge < -0.3 is 0 Å². The Hall–Kier alpha value is 0.280. The van der Waals surface area contributed by atoms with Crippen LogP contribution in [0.15, 0.2) is 0 Å². The highest BCUT2D eigenvalue weighted by Crippen LogP contribution is 2.56. The van der Waals surface area contributed by atoms with Gasteiger partial charge in [-0.3, -0.25) is 13.9 Å². The maximum atomic E-state index is 14.0. The highest BCUT2D eigenvalue weighted by molar-refractivity contribution is 8.14. The Bertz CT molecular complexity index is 467. The second kappa shape index (κ2) is 12.7. The minimum Gasteiger partial charge on any atom is -0.274 e. The van der Waals surface area contributed by atoms with Gasteiger partial charge in [-0.15, -0.1) is 0 Å². The molecule has 0 heterocycles. The Morgan fingerprint density at radius 2 is 0.846 bits per heavy atom. The molecule has 0 saturated carbocycles. The van der Waals surface area contributed by atoms with E-state index in [9.17, 15) is 4.57 Å². The lowest BCUT2D eigenvalue weighted by Gasteiger charge is -2.38. The summed E-state index contributed by atoms with van der Waals surface area (Å²) in [5.74, 6) is 0. The van der Waals surface area contributed by atoms with Crippen molar-refractivity contribution in [3.63, 3.8) is 0 Å². The molecule has 0 bridgehead atoms. The first kappa shape index (κ1) is 26.3. The van der Waals surface area contributed by atoms with Gasteiger partial charge in [-0.05, 0) is 17.5 Å². The van der Waals surface area contributed by atoms with Gasteiger partial charge in [0.05, 0.1) is 0 Å². The van der Waals surface area contributed by atoms with Crippen molar-refractivity contribution in [1.29, 1.82) is 0 Å². The quantitative estimate of drug-likeness (QED) is 0.332. The molecule has 0 aliphatic rings. The number of nitrogens with zero attached hydrogens (tertiary/aromatic N) is 4. The van der Waals surface area contributed by atoms with Gasteiger partial charge in [0.1, 0.15) is 6.34 Å². The van der Waals surface area contributed by atoms with Crippen LogP contribution in [0.5, 0.6) is 0 Å². The number of rotatable bonds is 12. The number of hydrogen-bond acceptors (Lipinski definition) is 2. The van der Waals surface area contributed by atoms with Gasteiger partial charge in [0.15, 0.2) is 0 Å². The first-order valence-corrected chi connectivity index (χ1v) is 14.4. The second-order valence-corrected chi connectivity index (χ2v) is 12.3. The van der Waals surface area contributed by atoms with Crippen LogP contribution in [0.2, 0.25) is 0 Å². The van der Waals surface area contributed by atoms with E-state index >= 15 is 0 Å². The molecule has 0 unspecified atom stereocenters. The van der Waals surface area contributed by atoms with E-state index in [0.29, 0.717) is 0 Å².